The molecule has 0 unspecified atom stereocenters. The van der Waals surface area contributed by atoms with Crippen molar-refractivity contribution in [3.63, 3.8) is 0 Å². The van der Waals surface area contributed by atoms with Gasteiger partial charge in [-0.25, -0.2) is 0 Å². The van der Waals surface area contributed by atoms with Crippen LogP contribution in [0.25, 0.3) is 11.3 Å². The maximum absolute atomic E-state index is 13.0. The van der Waals surface area contributed by atoms with Crippen LogP contribution >= 0.6 is 11.5 Å². The summed E-state index contributed by atoms with van der Waals surface area (Å²) in [4.78, 5) is 12.7. The van der Waals surface area contributed by atoms with E-state index in [0.29, 0.717) is 11.3 Å². The Hall–Kier alpha value is -2.55. The van der Waals surface area contributed by atoms with Crippen LogP contribution in [0.5, 0.6) is 0 Å². The number of hydrogen-bond acceptors (Lipinski definition) is 5. The molecule has 0 aliphatic carbocycles. The van der Waals surface area contributed by atoms with E-state index in [9.17, 15) is 18.0 Å². The molecule has 0 spiro atoms. The lowest BCUT2D eigenvalue weighted by Gasteiger charge is -2.05. The molecule has 0 N–H and O–H groups in total. The third-order valence-electron chi connectivity index (χ3n) is 3.11. The minimum absolute atomic E-state index is 0.0655. The molecular weight excluding hydrogens is 329 g/mol. The molecule has 0 saturated heterocycles. The Kier molecular flexibility index (Phi) is 3.72. The van der Waals surface area contributed by atoms with E-state index in [-0.39, 0.29) is 10.6 Å². The van der Waals surface area contributed by atoms with E-state index in [0.717, 1.165) is 22.3 Å². The number of aryl methyl sites for hydroxylation is 1. The van der Waals surface area contributed by atoms with E-state index in [1.807, 2.05) is 0 Å². The molecule has 0 radical (unpaired) electrons. The first-order valence-electron chi connectivity index (χ1n) is 6.44. The smallest absolute Gasteiger partial charge is 0.266 e. The Morgan fingerprint density at radius 1 is 1.22 bits per heavy atom. The molecule has 118 valence electrons. The average Bonchev–Trinajstić information content (AvgIpc) is 3.13. The lowest BCUT2D eigenvalue weighted by Crippen LogP contribution is -2.16. The van der Waals surface area contributed by atoms with Crippen LogP contribution in [0.2, 0.25) is 0 Å². The van der Waals surface area contributed by atoms with Gasteiger partial charge in [0.2, 0.25) is 0 Å². The average molecular weight is 338 g/mol. The van der Waals surface area contributed by atoms with Gasteiger partial charge in [-0.05, 0) is 24.5 Å². The highest BCUT2D eigenvalue weighted by atomic mass is 32.1. The highest BCUT2D eigenvalue weighted by Crippen LogP contribution is 2.32. The third kappa shape index (κ3) is 2.87. The summed E-state index contributed by atoms with van der Waals surface area (Å²) in [6.07, 6.45) is -4.64. The summed E-state index contributed by atoms with van der Waals surface area (Å²) in [5, 5.41) is 7.15. The molecule has 2 heterocycles. The second-order valence-corrected chi connectivity index (χ2v) is 5.44. The van der Waals surface area contributed by atoms with Crippen LogP contribution < -0.4 is 0 Å². The maximum atomic E-state index is 13.0. The lowest BCUT2D eigenvalue weighted by molar-refractivity contribution is -0.141. The summed E-state index contributed by atoms with van der Waals surface area (Å²) in [5.41, 5.74) is -0.252. The molecule has 3 rings (SSSR count). The number of rotatable bonds is 2. The van der Waals surface area contributed by atoms with Gasteiger partial charge in [-0.3, -0.25) is 4.79 Å². The van der Waals surface area contributed by atoms with Crippen LogP contribution in [0, 0.1) is 6.92 Å². The van der Waals surface area contributed by atoms with E-state index in [4.69, 9.17) is 0 Å². The van der Waals surface area contributed by atoms with Crippen molar-refractivity contribution in [2.24, 2.45) is 0 Å². The third-order valence-corrected chi connectivity index (χ3v) is 3.92. The van der Waals surface area contributed by atoms with Crippen molar-refractivity contribution in [2.45, 2.75) is 13.1 Å². The molecule has 9 heteroatoms. The van der Waals surface area contributed by atoms with Crippen molar-refractivity contribution in [3.05, 3.63) is 52.7 Å². The zero-order valence-corrected chi connectivity index (χ0v) is 12.5. The molecule has 0 amide bonds. The van der Waals surface area contributed by atoms with E-state index in [1.54, 1.807) is 37.3 Å². The first-order valence-corrected chi connectivity index (χ1v) is 7.21. The number of aromatic nitrogens is 4. The highest BCUT2D eigenvalue weighted by molar-refractivity contribution is 7.08. The van der Waals surface area contributed by atoms with Crippen LogP contribution in [0.4, 0.5) is 13.2 Å². The topological polar surface area (TPSA) is 60.7 Å². The Balaban J connectivity index is 2.17. The molecule has 1 aromatic carbocycles. The summed E-state index contributed by atoms with van der Waals surface area (Å²) >= 11 is 0.820. The number of carbonyl (C=O) groups is 1. The van der Waals surface area contributed by atoms with Crippen LogP contribution in [-0.4, -0.2) is 25.3 Å². The summed E-state index contributed by atoms with van der Waals surface area (Å²) in [7, 11) is 0. The van der Waals surface area contributed by atoms with Crippen molar-refractivity contribution in [1.82, 2.24) is 19.4 Å². The fraction of sp³-hybridized carbons (Fsp3) is 0.143. The van der Waals surface area contributed by atoms with E-state index in [2.05, 4.69) is 14.7 Å². The van der Waals surface area contributed by atoms with Gasteiger partial charge in [-0.1, -0.05) is 34.8 Å². The standard InChI is InChI=1S/C14H9F3N4OS/c1-8-12(23-20-18-8)13(22)21-10(9-5-3-2-4-6-9)7-11(19-21)14(15,16)17/h2-7H,1H3. The number of alkyl halides is 3. The van der Waals surface area contributed by atoms with Gasteiger partial charge in [0, 0.05) is 5.56 Å². The van der Waals surface area contributed by atoms with Crippen molar-refractivity contribution in [1.29, 1.82) is 0 Å². The minimum Gasteiger partial charge on any atom is -0.266 e. The summed E-state index contributed by atoms with van der Waals surface area (Å²) < 4.78 is 43.3. The van der Waals surface area contributed by atoms with Crippen molar-refractivity contribution in [3.8, 4) is 11.3 Å². The summed E-state index contributed by atoms with van der Waals surface area (Å²) in [5.74, 6) is -0.688. The normalized spacial score (nSPS) is 11.7. The van der Waals surface area contributed by atoms with Crippen molar-refractivity contribution >= 4 is 17.4 Å². The Labute approximate surface area is 132 Å². The zero-order valence-electron chi connectivity index (χ0n) is 11.7. The minimum atomic E-state index is -4.64. The molecule has 0 fully saturated rings. The van der Waals surface area contributed by atoms with Crippen LogP contribution in [0.15, 0.2) is 36.4 Å². The first kappa shape index (κ1) is 15.3. The van der Waals surface area contributed by atoms with Crippen molar-refractivity contribution in [2.75, 3.05) is 0 Å². The molecule has 0 bridgehead atoms. The molecule has 5 nitrogen and oxygen atoms in total. The van der Waals surface area contributed by atoms with Crippen LogP contribution in [0.3, 0.4) is 0 Å². The molecule has 23 heavy (non-hydrogen) atoms. The molecule has 0 saturated carbocycles. The molecule has 0 atom stereocenters. The number of hydrogen-bond donors (Lipinski definition) is 0. The van der Waals surface area contributed by atoms with Gasteiger partial charge in [0.15, 0.2) is 5.69 Å². The fourth-order valence-corrected chi connectivity index (χ4v) is 2.60. The molecule has 3 aromatic rings. The maximum Gasteiger partial charge on any atom is 0.435 e. The van der Waals surface area contributed by atoms with Gasteiger partial charge < -0.3 is 0 Å². The Morgan fingerprint density at radius 3 is 2.48 bits per heavy atom. The second-order valence-electron chi connectivity index (χ2n) is 4.68. The molecular formula is C14H9F3N4OS. The quantitative estimate of drug-likeness (QED) is 0.718. The monoisotopic (exact) mass is 338 g/mol. The number of benzene rings is 1. The number of carbonyl (C=O) groups excluding carboxylic acids is 1. The predicted molar refractivity (Wildman–Crippen MR) is 77.0 cm³/mol. The number of halogens is 3. The fourth-order valence-electron chi connectivity index (χ4n) is 2.01. The van der Waals surface area contributed by atoms with Gasteiger partial charge >= 0.3 is 6.18 Å². The van der Waals surface area contributed by atoms with Crippen LogP contribution in [0.1, 0.15) is 21.1 Å². The SMILES string of the molecule is Cc1nnsc1C(=O)n1nc(C(F)(F)F)cc1-c1ccccc1. The lowest BCUT2D eigenvalue weighted by atomic mass is 10.1. The van der Waals surface area contributed by atoms with Crippen LogP contribution in [-0.2, 0) is 6.18 Å². The first-order chi connectivity index (χ1) is 10.9. The summed E-state index contributed by atoms with van der Waals surface area (Å²) in [6, 6.07) is 9.15. The van der Waals surface area contributed by atoms with Gasteiger partial charge in [0.25, 0.3) is 5.91 Å². The van der Waals surface area contributed by atoms with Gasteiger partial charge in [0.05, 0.1) is 11.4 Å². The van der Waals surface area contributed by atoms with Gasteiger partial charge in [0.1, 0.15) is 4.88 Å². The molecule has 0 aliphatic rings. The van der Waals surface area contributed by atoms with E-state index < -0.39 is 17.8 Å². The van der Waals surface area contributed by atoms with Gasteiger partial charge in [-0.15, -0.1) is 5.10 Å². The Morgan fingerprint density at radius 2 is 1.91 bits per heavy atom. The molecule has 2 aromatic heterocycles. The highest BCUT2D eigenvalue weighted by Gasteiger charge is 2.36. The zero-order chi connectivity index (χ0) is 16.6. The summed E-state index contributed by atoms with van der Waals surface area (Å²) in [6.45, 7) is 1.56. The van der Waals surface area contributed by atoms with Crippen molar-refractivity contribution < 1.29 is 18.0 Å². The molecule has 0 aliphatic heterocycles. The Bertz CT molecular complexity index is 855. The predicted octanol–water partition coefficient (Wildman–Crippen LogP) is 3.42. The van der Waals surface area contributed by atoms with E-state index >= 15 is 0 Å². The van der Waals surface area contributed by atoms with Gasteiger partial charge in [-0.2, -0.15) is 23.0 Å². The number of nitrogens with zero attached hydrogens (tertiary/aromatic N) is 4. The van der Waals surface area contributed by atoms with E-state index in [1.165, 1.54) is 0 Å². The second kappa shape index (κ2) is 5.58. The largest absolute Gasteiger partial charge is 0.435 e.